The van der Waals surface area contributed by atoms with Crippen molar-refractivity contribution in [2.45, 2.75) is 30.7 Å². The molecule has 0 spiro atoms. The van der Waals surface area contributed by atoms with Crippen LogP contribution in [0.2, 0.25) is 0 Å². The SMILES string of the molecule is COc1cc(C(=O)/C=C/c2ccc(O)cc2)cc(OC)c1O[C@@H]1O[C@H](CO)[C@@H](O)[C@H](O)[C@H]1O. The molecule has 0 saturated carbocycles. The lowest BCUT2D eigenvalue weighted by atomic mass is 9.99. The summed E-state index contributed by atoms with van der Waals surface area (Å²) in [7, 11) is 2.69. The van der Waals surface area contributed by atoms with Gasteiger partial charge < -0.3 is 44.5 Å². The first-order valence-corrected chi connectivity index (χ1v) is 10.0. The molecule has 10 heteroatoms. The Morgan fingerprint density at radius 1 is 1.00 bits per heavy atom. The molecule has 10 nitrogen and oxygen atoms in total. The van der Waals surface area contributed by atoms with Gasteiger partial charge in [-0.1, -0.05) is 18.2 Å². The van der Waals surface area contributed by atoms with Gasteiger partial charge in [0.25, 0.3) is 0 Å². The third-order valence-electron chi connectivity index (χ3n) is 5.15. The van der Waals surface area contributed by atoms with Crippen molar-refractivity contribution in [1.82, 2.24) is 0 Å². The van der Waals surface area contributed by atoms with Gasteiger partial charge >= 0.3 is 0 Å². The van der Waals surface area contributed by atoms with Crippen molar-refractivity contribution in [1.29, 1.82) is 0 Å². The fourth-order valence-electron chi connectivity index (χ4n) is 3.27. The van der Waals surface area contributed by atoms with E-state index in [1.165, 1.54) is 44.6 Å². The second-order valence-corrected chi connectivity index (χ2v) is 7.31. The first-order chi connectivity index (χ1) is 15.8. The molecule has 3 rings (SSSR count). The van der Waals surface area contributed by atoms with Crippen LogP contribution in [0.15, 0.2) is 42.5 Å². The van der Waals surface area contributed by atoms with E-state index in [4.69, 9.17) is 18.9 Å². The van der Waals surface area contributed by atoms with E-state index in [1.54, 1.807) is 18.2 Å². The molecular weight excluding hydrogens is 436 g/mol. The number of rotatable bonds is 8. The van der Waals surface area contributed by atoms with Gasteiger partial charge in [0.05, 0.1) is 20.8 Å². The number of ketones is 1. The molecule has 0 aromatic heterocycles. The quantitative estimate of drug-likeness (QED) is 0.276. The van der Waals surface area contributed by atoms with Crippen LogP contribution in [0.5, 0.6) is 23.0 Å². The van der Waals surface area contributed by atoms with E-state index >= 15 is 0 Å². The van der Waals surface area contributed by atoms with E-state index in [1.807, 2.05) is 0 Å². The van der Waals surface area contributed by atoms with Gasteiger partial charge in [0.15, 0.2) is 17.3 Å². The summed E-state index contributed by atoms with van der Waals surface area (Å²) >= 11 is 0. The molecule has 0 aliphatic carbocycles. The van der Waals surface area contributed by atoms with Crippen molar-refractivity contribution < 1.29 is 49.3 Å². The average molecular weight is 462 g/mol. The van der Waals surface area contributed by atoms with Gasteiger partial charge in [0.1, 0.15) is 30.2 Å². The molecule has 0 radical (unpaired) electrons. The second kappa shape index (κ2) is 10.6. The predicted octanol–water partition coefficient (Wildman–Crippen LogP) is 0.484. The second-order valence-electron chi connectivity index (χ2n) is 7.31. The summed E-state index contributed by atoms with van der Waals surface area (Å²) < 4.78 is 21.7. The molecule has 5 N–H and O–H groups in total. The third kappa shape index (κ3) is 5.44. The number of phenols is 1. The number of methoxy groups -OCH3 is 2. The van der Waals surface area contributed by atoms with Crippen LogP contribution in [-0.2, 0) is 4.74 Å². The first-order valence-electron chi connectivity index (χ1n) is 10.0. The maximum Gasteiger partial charge on any atom is 0.229 e. The Bertz CT molecular complexity index is 960. The van der Waals surface area contributed by atoms with Crippen LogP contribution in [-0.4, -0.2) is 82.8 Å². The molecule has 2 aromatic rings. The summed E-state index contributed by atoms with van der Waals surface area (Å²) in [5.41, 5.74) is 0.933. The molecule has 178 valence electrons. The normalized spacial score (nSPS) is 25.1. The molecule has 0 unspecified atom stereocenters. The number of allylic oxidation sites excluding steroid dienone is 1. The number of carbonyl (C=O) groups is 1. The number of aromatic hydroxyl groups is 1. The van der Waals surface area contributed by atoms with Gasteiger partial charge in [-0.05, 0) is 35.9 Å². The Hall–Kier alpha value is -3.15. The minimum atomic E-state index is -1.63. The summed E-state index contributed by atoms with van der Waals surface area (Å²) in [6, 6.07) is 9.12. The zero-order valence-electron chi connectivity index (χ0n) is 18.0. The highest BCUT2D eigenvalue weighted by Crippen LogP contribution is 2.40. The van der Waals surface area contributed by atoms with Crippen molar-refractivity contribution in [3.05, 3.63) is 53.6 Å². The van der Waals surface area contributed by atoms with Crippen LogP contribution in [0.4, 0.5) is 0 Å². The monoisotopic (exact) mass is 462 g/mol. The molecule has 1 aliphatic rings. The van der Waals surface area contributed by atoms with E-state index in [0.717, 1.165) is 0 Å². The predicted molar refractivity (Wildman–Crippen MR) is 115 cm³/mol. The van der Waals surface area contributed by atoms with E-state index in [-0.39, 0.29) is 34.3 Å². The van der Waals surface area contributed by atoms with Gasteiger partial charge in [-0.2, -0.15) is 0 Å². The summed E-state index contributed by atoms with van der Waals surface area (Å²) in [6.45, 7) is -0.611. The maximum atomic E-state index is 12.7. The number of hydrogen-bond donors (Lipinski definition) is 5. The number of aliphatic hydroxyl groups excluding tert-OH is 4. The molecule has 33 heavy (non-hydrogen) atoms. The van der Waals surface area contributed by atoms with Crippen molar-refractivity contribution in [3.63, 3.8) is 0 Å². The van der Waals surface area contributed by atoms with E-state index in [2.05, 4.69) is 0 Å². The standard InChI is InChI=1S/C23H26O10/c1-30-16-9-13(15(26)8-5-12-3-6-14(25)7-4-12)10-17(31-2)22(16)33-23-21(29)20(28)19(27)18(11-24)32-23/h3-10,18-21,23-25,27-29H,11H2,1-2H3/b8-5+/t18-,19-,20+,21-,23+/m1/s1. The minimum Gasteiger partial charge on any atom is -0.508 e. The third-order valence-corrected chi connectivity index (χ3v) is 5.15. The Morgan fingerprint density at radius 3 is 2.15 bits per heavy atom. The highest BCUT2D eigenvalue weighted by Gasteiger charge is 2.45. The van der Waals surface area contributed by atoms with Gasteiger partial charge in [0.2, 0.25) is 12.0 Å². The Labute approximate surface area is 189 Å². The minimum absolute atomic E-state index is 0.0107. The number of hydrogen-bond acceptors (Lipinski definition) is 10. The Kier molecular flexibility index (Phi) is 7.90. The van der Waals surface area contributed by atoms with Gasteiger partial charge in [-0.15, -0.1) is 0 Å². The Morgan fingerprint density at radius 2 is 1.61 bits per heavy atom. The van der Waals surface area contributed by atoms with Crippen molar-refractivity contribution in [2.75, 3.05) is 20.8 Å². The summed E-state index contributed by atoms with van der Waals surface area (Å²) in [4.78, 5) is 12.7. The summed E-state index contributed by atoms with van der Waals surface area (Å²) in [5, 5.41) is 48.9. The van der Waals surface area contributed by atoms with Crippen molar-refractivity contribution in [2.24, 2.45) is 0 Å². The van der Waals surface area contributed by atoms with Crippen LogP contribution in [0.3, 0.4) is 0 Å². The van der Waals surface area contributed by atoms with Crippen molar-refractivity contribution in [3.8, 4) is 23.0 Å². The fraction of sp³-hybridized carbons (Fsp3) is 0.348. The number of benzene rings is 2. The van der Waals surface area contributed by atoms with Crippen LogP contribution in [0.1, 0.15) is 15.9 Å². The number of ether oxygens (including phenoxy) is 4. The zero-order valence-corrected chi connectivity index (χ0v) is 18.0. The lowest BCUT2D eigenvalue weighted by molar-refractivity contribution is -0.277. The molecule has 2 aromatic carbocycles. The first kappa shape index (κ1) is 24.5. The van der Waals surface area contributed by atoms with Gasteiger partial charge in [-0.3, -0.25) is 4.79 Å². The number of aliphatic hydroxyl groups is 4. The fourth-order valence-corrected chi connectivity index (χ4v) is 3.27. The largest absolute Gasteiger partial charge is 0.508 e. The number of phenolic OH excluding ortho intramolecular Hbond substituents is 1. The molecular formula is C23H26O10. The lowest BCUT2D eigenvalue weighted by Crippen LogP contribution is -2.60. The highest BCUT2D eigenvalue weighted by molar-refractivity contribution is 6.07. The molecule has 1 heterocycles. The van der Waals surface area contributed by atoms with Crippen LogP contribution in [0.25, 0.3) is 6.08 Å². The van der Waals surface area contributed by atoms with Gasteiger partial charge in [-0.25, -0.2) is 0 Å². The maximum absolute atomic E-state index is 12.7. The van der Waals surface area contributed by atoms with Crippen LogP contribution < -0.4 is 14.2 Å². The lowest BCUT2D eigenvalue weighted by Gasteiger charge is -2.39. The molecule has 5 atom stereocenters. The zero-order chi connectivity index (χ0) is 24.1. The molecule has 1 saturated heterocycles. The van der Waals surface area contributed by atoms with E-state index in [0.29, 0.717) is 5.56 Å². The van der Waals surface area contributed by atoms with E-state index < -0.39 is 37.3 Å². The van der Waals surface area contributed by atoms with E-state index in [9.17, 15) is 30.3 Å². The molecule has 1 aliphatic heterocycles. The molecule has 0 bridgehead atoms. The summed E-state index contributed by atoms with van der Waals surface area (Å²) in [6.07, 6.45) is -4.47. The smallest absolute Gasteiger partial charge is 0.229 e. The van der Waals surface area contributed by atoms with Crippen molar-refractivity contribution >= 4 is 11.9 Å². The summed E-state index contributed by atoms with van der Waals surface area (Å²) in [5.74, 6) is -0.0780. The number of carbonyl (C=O) groups excluding carboxylic acids is 1. The van der Waals surface area contributed by atoms with Gasteiger partial charge in [0, 0.05) is 5.56 Å². The van der Waals surface area contributed by atoms with Crippen LogP contribution >= 0.6 is 0 Å². The molecule has 0 amide bonds. The Balaban J connectivity index is 1.86. The van der Waals surface area contributed by atoms with Crippen LogP contribution in [0, 0.1) is 0 Å². The highest BCUT2D eigenvalue weighted by atomic mass is 16.7. The average Bonchev–Trinajstić information content (AvgIpc) is 2.83. The topological polar surface area (TPSA) is 155 Å². The molecule has 1 fully saturated rings.